The molecule has 0 saturated carbocycles. The first-order valence-electron chi connectivity index (χ1n) is 9.33. The molecule has 1 amide bonds. The molecule has 2 aliphatic heterocycles. The molecule has 3 rings (SSSR count). The second-order valence-corrected chi connectivity index (χ2v) is 7.80. The van der Waals surface area contributed by atoms with Crippen LogP contribution < -0.4 is 0 Å². The molecule has 0 N–H and O–H groups in total. The molecule has 4 nitrogen and oxygen atoms in total. The number of hydrogen-bond donors (Lipinski definition) is 0. The second kappa shape index (κ2) is 7.66. The minimum absolute atomic E-state index is 0.0423. The zero-order chi connectivity index (χ0) is 17.0. The van der Waals surface area contributed by atoms with Gasteiger partial charge in [0.1, 0.15) is 12.6 Å². The summed E-state index contributed by atoms with van der Waals surface area (Å²) in [5, 5.41) is 0. The second-order valence-electron chi connectivity index (χ2n) is 7.80. The SMILES string of the molecule is CN1CCC(CCC[N+]2(C)C(=O)OCC2Cc2ccccc2)CC1. The smallest absolute Gasteiger partial charge is 0.414 e. The molecule has 4 heteroatoms. The number of amides is 1. The third-order valence-corrected chi connectivity index (χ3v) is 6.01. The number of piperidine rings is 1. The van der Waals surface area contributed by atoms with Gasteiger partial charge in [-0.25, -0.2) is 4.48 Å². The molecule has 24 heavy (non-hydrogen) atoms. The van der Waals surface area contributed by atoms with Gasteiger partial charge in [-0.15, -0.1) is 0 Å². The van der Waals surface area contributed by atoms with Crippen molar-refractivity contribution in [2.24, 2.45) is 5.92 Å². The number of benzene rings is 1. The van der Waals surface area contributed by atoms with E-state index in [9.17, 15) is 4.79 Å². The molecule has 2 heterocycles. The summed E-state index contributed by atoms with van der Waals surface area (Å²) in [6.45, 7) is 3.89. The van der Waals surface area contributed by atoms with Crippen LogP contribution in [0.25, 0.3) is 0 Å². The first-order valence-corrected chi connectivity index (χ1v) is 9.33. The molecule has 2 unspecified atom stereocenters. The molecule has 1 aromatic rings. The topological polar surface area (TPSA) is 29.5 Å². The molecular weight excluding hydrogens is 300 g/mol. The van der Waals surface area contributed by atoms with E-state index in [1.54, 1.807) is 0 Å². The number of quaternary nitrogens is 1. The van der Waals surface area contributed by atoms with Crippen LogP contribution in [-0.4, -0.2) is 61.9 Å². The van der Waals surface area contributed by atoms with Gasteiger partial charge in [0.2, 0.25) is 0 Å². The Hall–Kier alpha value is -1.39. The van der Waals surface area contributed by atoms with Crippen molar-refractivity contribution in [2.45, 2.75) is 38.1 Å². The summed E-state index contributed by atoms with van der Waals surface area (Å²) in [6, 6.07) is 10.7. The van der Waals surface area contributed by atoms with Gasteiger partial charge >= 0.3 is 6.09 Å². The van der Waals surface area contributed by atoms with Crippen molar-refractivity contribution in [3.05, 3.63) is 35.9 Å². The Labute approximate surface area is 146 Å². The van der Waals surface area contributed by atoms with E-state index >= 15 is 0 Å². The van der Waals surface area contributed by atoms with E-state index in [1.165, 1.54) is 37.9 Å². The standard InChI is InChI=1S/C20H31N2O2/c1-21-12-10-17(11-13-21)9-6-14-22(2)19(16-24-20(22)23)15-18-7-4-3-5-8-18/h3-5,7-8,17,19H,6,9-16H2,1-2H3/q+1. The van der Waals surface area contributed by atoms with Gasteiger partial charge < -0.3 is 9.64 Å². The highest BCUT2D eigenvalue weighted by Gasteiger charge is 2.48. The zero-order valence-corrected chi connectivity index (χ0v) is 15.1. The molecule has 132 valence electrons. The fourth-order valence-electron chi connectivity index (χ4n) is 4.11. The maximum Gasteiger partial charge on any atom is 0.516 e. The monoisotopic (exact) mass is 331 g/mol. The van der Waals surface area contributed by atoms with Crippen molar-refractivity contribution in [3.63, 3.8) is 0 Å². The van der Waals surface area contributed by atoms with Crippen LogP contribution in [0.1, 0.15) is 31.2 Å². The van der Waals surface area contributed by atoms with E-state index in [0.717, 1.165) is 25.3 Å². The number of ether oxygens (including phenoxy) is 1. The molecule has 2 fully saturated rings. The fourth-order valence-corrected chi connectivity index (χ4v) is 4.11. The van der Waals surface area contributed by atoms with E-state index in [0.29, 0.717) is 11.1 Å². The molecule has 0 radical (unpaired) electrons. The summed E-state index contributed by atoms with van der Waals surface area (Å²) < 4.78 is 5.88. The average molecular weight is 331 g/mol. The van der Waals surface area contributed by atoms with Gasteiger partial charge in [0, 0.05) is 6.42 Å². The summed E-state index contributed by atoms with van der Waals surface area (Å²) in [5.74, 6) is 0.832. The number of carbonyl (C=O) groups excluding carboxylic acids is 1. The molecule has 2 aliphatic rings. The van der Waals surface area contributed by atoms with E-state index in [-0.39, 0.29) is 12.1 Å². The van der Waals surface area contributed by atoms with Gasteiger partial charge in [0.25, 0.3) is 0 Å². The van der Waals surface area contributed by atoms with Gasteiger partial charge in [0.15, 0.2) is 0 Å². The van der Waals surface area contributed by atoms with Crippen molar-refractivity contribution in [1.82, 2.24) is 4.90 Å². The maximum atomic E-state index is 12.4. The largest absolute Gasteiger partial charge is 0.516 e. The highest BCUT2D eigenvalue weighted by atomic mass is 16.6. The third kappa shape index (κ3) is 3.98. The minimum Gasteiger partial charge on any atom is -0.414 e. The number of likely N-dealkylation sites (tertiary alicyclic amines) is 1. The Morgan fingerprint density at radius 2 is 1.92 bits per heavy atom. The van der Waals surface area contributed by atoms with Crippen LogP contribution in [0.2, 0.25) is 0 Å². The molecular formula is C20H31N2O2+. The van der Waals surface area contributed by atoms with Gasteiger partial charge in [-0.1, -0.05) is 30.3 Å². The van der Waals surface area contributed by atoms with Gasteiger partial charge in [-0.05, 0) is 57.3 Å². The van der Waals surface area contributed by atoms with Crippen LogP contribution in [0, 0.1) is 5.92 Å². The molecule has 0 spiro atoms. The Morgan fingerprint density at radius 1 is 1.21 bits per heavy atom. The Balaban J connectivity index is 1.54. The normalized spacial score (nSPS) is 28.9. The van der Waals surface area contributed by atoms with E-state index < -0.39 is 0 Å². The number of carbonyl (C=O) groups is 1. The van der Waals surface area contributed by atoms with Crippen LogP contribution in [0.5, 0.6) is 0 Å². The molecule has 0 bridgehead atoms. The lowest BCUT2D eigenvalue weighted by Gasteiger charge is -2.32. The first-order chi connectivity index (χ1) is 11.6. The lowest BCUT2D eigenvalue weighted by atomic mass is 9.92. The van der Waals surface area contributed by atoms with Gasteiger partial charge in [0.05, 0.1) is 13.6 Å². The number of likely N-dealkylation sites (N-methyl/N-ethyl adjacent to an activating group) is 1. The average Bonchev–Trinajstić information content (AvgIpc) is 2.86. The molecule has 0 aromatic heterocycles. The summed E-state index contributed by atoms with van der Waals surface area (Å²) in [5.41, 5.74) is 1.29. The van der Waals surface area contributed by atoms with Gasteiger partial charge in [-0.3, -0.25) is 0 Å². The van der Waals surface area contributed by atoms with Crippen molar-refractivity contribution >= 4 is 6.09 Å². The van der Waals surface area contributed by atoms with E-state index in [4.69, 9.17) is 4.74 Å². The van der Waals surface area contributed by atoms with E-state index in [1.807, 2.05) is 6.07 Å². The predicted octanol–water partition coefficient (Wildman–Crippen LogP) is 3.32. The molecule has 1 aromatic carbocycles. The highest BCUT2D eigenvalue weighted by Crippen LogP contribution is 2.27. The fraction of sp³-hybridized carbons (Fsp3) is 0.650. The van der Waals surface area contributed by atoms with Crippen molar-refractivity contribution in [1.29, 1.82) is 0 Å². The Bertz CT molecular complexity index is 540. The maximum absolute atomic E-state index is 12.4. The quantitative estimate of drug-likeness (QED) is 0.749. The molecule has 0 aliphatic carbocycles. The summed E-state index contributed by atoms with van der Waals surface area (Å²) in [6.07, 6.45) is 5.84. The predicted molar refractivity (Wildman–Crippen MR) is 95.8 cm³/mol. The first kappa shape index (κ1) is 17.4. The van der Waals surface area contributed by atoms with Crippen LogP contribution in [0.3, 0.4) is 0 Å². The summed E-state index contributed by atoms with van der Waals surface area (Å²) in [7, 11) is 4.27. The minimum atomic E-state index is -0.0423. The lowest BCUT2D eigenvalue weighted by Crippen LogP contribution is -2.53. The van der Waals surface area contributed by atoms with Crippen molar-refractivity contribution < 1.29 is 14.0 Å². The van der Waals surface area contributed by atoms with Crippen molar-refractivity contribution in [2.75, 3.05) is 40.3 Å². The number of hydrogen-bond acceptors (Lipinski definition) is 3. The number of rotatable bonds is 6. The van der Waals surface area contributed by atoms with Crippen LogP contribution in [-0.2, 0) is 11.2 Å². The number of nitrogens with zero attached hydrogens (tertiary/aromatic N) is 2. The number of cyclic esters (lactones) is 1. The van der Waals surface area contributed by atoms with Crippen LogP contribution >= 0.6 is 0 Å². The van der Waals surface area contributed by atoms with E-state index in [2.05, 4.69) is 43.3 Å². The lowest BCUT2D eigenvalue weighted by molar-refractivity contribution is -0.847. The Morgan fingerprint density at radius 3 is 2.62 bits per heavy atom. The zero-order valence-electron chi connectivity index (χ0n) is 15.1. The molecule has 2 atom stereocenters. The van der Waals surface area contributed by atoms with Crippen LogP contribution in [0.4, 0.5) is 4.79 Å². The third-order valence-electron chi connectivity index (χ3n) is 6.01. The highest BCUT2D eigenvalue weighted by molar-refractivity contribution is 5.61. The van der Waals surface area contributed by atoms with Gasteiger partial charge in [-0.2, -0.15) is 4.79 Å². The van der Waals surface area contributed by atoms with Crippen LogP contribution in [0.15, 0.2) is 30.3 Å². The molecule has 2 saturated heterocycles. The summed E-state index contributed by atoms with van der Waals surface area (Å²) in [4.78, 5) is 14.8. The van der Waals surface area contributed by atoms with Crippen molar-refractivity contribution in [3.8, 4) is 0 Å². The summed E-state index contributed by atoms with van der Waals surface area (Å²) >= 11 is 0. The Kier molecular flexibility index (Phi) is 5.57.